The second kappa shape index (κ2) is 7.35. The number of aryl methyl sites for hydroxylation is 1. The molecule has 0 bridgehead atoms. The van der Waals surface area contributed by atoms with Crippen LogP contribution in [0.15, 0.2) is 40.5 Å². The summed E-state index contributed by atoms with van der Waals surface area (Å²) in [6.07, 6.45) is -0.0753. The molecular weight excluding hydrogens is 342 g/mol. The van der Waals surface area contributed by atoms with Gasteiger partial charge in [0.2, 0.25) is 0 Å². The normalized spacial score (nSPS) is 12.0. The molecule has 1 aromatic carbocycles. The molecule has 0 radical (unpaired) electrons. The number of thiophene rings is 1. The van der Waals surface area contributed by atoms with Crippen LogP contribution in [-0.2, 0) is 20.7 Å². The second-order valence-electron chi connectivity index (χ2n) is 5.54. The van der Waals surface area contributed by atoms with Crippen LogP contribution >= 0.6 is 11.3 Å². The number of anilines is 1. The van der Waals surface area contributed by atoms with Gasteiger partial charge < -0.3 is 20.0 Å². The molecule has 25 heavy (non-hydrogen) atoms. The predicted molar refractivity (Wildman–Crippen MR) is 95.7 cm³/mol. The van der Waals surface area contributed by atoms with Gasteiger partial charge in [-0.25, -0.2) is 4.79 Å². The van der Waals surface area contributed by atoms with E-state index in [2.05, 4.69) is 15.3 Å². The summed E-state index contributed by atoms with van der Waals surface area (Å²) in [6.45, 7) is 1.52. The van der Waals surface area contributed by atoms with Crippen LogP contribution in [0.2, 0.25) is 0 Å². The highest BCUT2D eigenvalue weighted by atomic mass is 32.1. The van der Waals surface area contributed by atoms with E-state index in [1.807, 2.05) is 17.5 Å². The van der Waals surface area contributed by atoms with Crippen molar-refractivity contribution in [3.8, 4) is 0 Å². The summed E-state index contributed by atoms with van der Waals surface area (Å²) >= 11 is 1.58. The topological polar surface area (TPSA) is 104 Å². The molecule has 3 N–H and O–H groups in total. The number of rotatable bonds is 6. The van der Waals surface area contributed by atoms with Gasteiger partial charge in [-0.05, 0) is 43.0 Å². The summed E-state index contributed by atoms with van der Waals surface area (Å²) in [7, 11) is 0. The van der Waals surface area contributed by atoms with E-state index in [0.717, 1.165) is 4.88 Å². The number of carbonyl (C=O) groups is 2. The summed E-state index contributed by atoms with van der Waals surface area (Å²) < 4.78 is 5.16. The largest absolute Gasteiger partial charge is 0.453 e. The summed E-state index contributed by atoms with van der Waals surface area (Å²) in [5, 5.41) is 4.62. The third-order valence-corrected chi connectivity index (χ3v) is 4.55. The SMILES string of the molecule is C[C@@H](OC(=O)CCc1cccs1)C(=O)Nc1ccc2[nH]c(=O)[nH]c2c1. The van der Waals surface area contributed by atoms with Gasteiger partial charge in [-0.2, -0.15) is 0 Å². The van der Waals surface area contributed by atoms with Gasteiger partial charge in [0.1, 0.15) is 0 Å². The molecule has 1 atom stereocenters. The molecule has 130 valence electrons. The first kappa shape index (κ1) is 17.0. The van der Waals surface area contributed by atoms with Gasteiger partial charge in [-0.15, -0.1) is 11.3 Å². The average molecular weight is 359 g/mol. The van der Waals surface area contributed by atoms with Crippen LogP contribution in [0.3, 0.4) is 0 Å². The zero-order valence-electron chi connectivity index (χ0n) is 13.5. The van der Waals surface area contributed by atoms with Gasteiger partial charge in [-0.3, -0.25) is 9.59 Å². The molecule has 0 aliphatic rings. The summed E-state index contributed by atoms with van der Waals surface area (Å²) in [5.41, 5.74) is 1.43. The molecule has 2 aromatic heterocycles. The van der Waals surface area contributed by atoms with Crippen molar-refractivity contribution < 1.29 is 14.3 Å². The van der Waals surface area contributed by atoms with Gasteiger partial charge in [0, 0.05) is 10.6 Å². The van der Waals surface area contributed by atoms with Crippen LogP contribution in [-0.4, -0.2) is 27.9 Å². The van der Waals surface area contributed by atoms with E-state index in [9.17, 15) is 14.4 Å². The number of hydrogen-bond acceptors (Lipinski definition) is 5. The number of fused-ring (bicyclic) bond motifs is 1. The molecule has 1 amide bonds. The van der Waals surface area contributed by atoms with Gasteiger partial charge in [0.15, 0.2) is 6.10 Å². The Kier molecular flexibility index (Phi) is 4.99. The van der Waals surface area contributed by atoms with Gasteiger partial charge in [0.25, 0.3) is 5.91 Å². The van der Waals surface area contributed by atoms with E-state index >= 15 is 0 Å². The number of hydrogen-bond donors (Lipinski definition) is 3. The number of H-pyrrole nitrogens is 2. The van der Waals surface area contributed by atoms with Gasteiger partial charge in [-0.1, -0.05) is 6.07 Å². The zero-order valence-corrected chi connectivity index (χ0v) is 14.3. The Bertz CT molecular complexity index is 942. The Morgan fingerprint density at radius 1 is 1.24 bits per heavy atom. The van der Waals surface area contributed by atoms with Crippen LogP contribution in [0.25, 0.3) is 11.0 Å². The third-order valence-electron chi connectivity index (χ3n) is 3.62. The quantitative estimate of drug-likeness (QED) is 0.588. The van der Waals surface area contributed by atoms with Crippen LogP contribution in [0.4, 0.5) is 5.69 Å². The maximum Gasteiger partial charge on any atom is 0.323 e. The number of aromatic amines is 2. The van der Waals surface area contributed by atoms with Crippen LogP contribution in [0, 0.1) is 0 Å². The number of ether oxygens (including phenoxy) is 1. The highest BCUT2D eigenvalue weighted by Crippen LogP contribution is 2.15. The smallest absolute Gasteiger partial charge is 0.323 e. The molecule has 0 fully saturated rings. The van der Waals surface area contributed by atoms with Crippen molar-refractivity contribution in [2.24, 2.45) is 0 Å². The summed E-state index contributed by atoms with van der Waals surface area (Å²) in [6, 6.07) is 8.86. The molecule has 7 nitrogen and oxygen atoms in total. The molecule has 0 spiro atoms. The first-order chi connectivity index (χ1) is 12.0. The van der Waals surface area contributed by atoms with Crippen molar-refractivity contribution in [2.75, 3.05) is 5.32 Å². The first-order valence-corrected chi connectivity index (χ1v) is 8.64. The Labute approximate surface area is 147 Å². The average Bonchev–Trinajstić information content (AvgIpc) is 3.20. The fourth-order valence-electron chi connectivity index (χ4n) is 2.34. The lowest BCUT2D eigenvalue weighted by Crippen LogP contribution is -2.30. The van der Waals surface area contributed by atoms with Crippen LogP contribution < -0.4 is 11.0 Å². The number of esters is 1. The number of carbonyl (C=O) groups excluding carboxylic acids is 2. The zero-order chi connectivity index (χ0) is 17.8. The molecule has 3 aromatic rings. The van der Waals surface area contributed by atoms with E-state index in [-0.39, 0.29) is 12.1 Å². The van der Waals surface area contributed by atoms with Gasteiger partial charge in [0.05, 0.1) is 17.5 Å². The minimum Gasteiger partial charge on any atom is -0.453 e. The summed E-state index contributed by atoms with van der Waals surface area (Å²) in [4.78, 5) is 41.6. The summed E-state index contributed by atoms with van der Waals surface area (Å²) in [5.74, 6) is -0.844. The van der Waals surface area contributed by atoms with Crippen molar-refractivity contribution in [1.29, 1.82) is 0 Å². The van der Waals surface area contributed by atoms with E-state index in [4.69, 9.17) is 4.74 Å². The van der Waals surface area contributed by atoms with Gasteiger partial charge >= 0.3 is 11.7 Å². The highest BCUT2D eigenvalue weighted by molar-refractivity contribution is 7.09. The molecule has 0 unspecified atom stereocenters. The number of aromatic nitrogens is 2. The van der Waals surface area contributed by atoms with E-state index < -0.39 is 18.0 Å². The lowest BCUT2D eigenvalue weighted by molar-refractivity contribution is -0.153. The number of imidazole rings is 1. The number of nitrogens with one attached hydrogen (secondary N) is 3. The van der Waals surface area contributed by atoms with E-state index in [0.29, 0.717) is 23.1 Å². The second-order valence-corrected chi connectivity index (χ2v) is 6.57. The van der Waals surface area contributed by atoms with E-state index in [1.165, 1.54) is 6.92 Å². The van der Waals surface area contributed by atoms with Crippen molar-refractivity contribution in [3.63, 3.8) is 0 Å². The lowest BCUT2D eigenvalue weighted by Gasteiger charge is -2.13. The molecule has 0 aliphatic carbocycles. The Hall–Kier alpha value is -2.87. The maximum atomic E-state index is 12.2. The fourth-order valence-corrected chi connectivity index (χ4v) is 3.05. The number of amides is 1. The Morgan fingerprint density at radius 3 is 2.80 bits per heavy atom. The molecule has 0 saturated heterocycles. The standard InChI is InChI=1S/C17H17N3O4S/c1-10(24-15(21)7-5-12-3-2-8-25-12)16(22)18-11-4-6-13-14(9-11)20-17(23)19-13/h2-4,6,8-10H,5,7H2,1H3,(H,18,22)(H2,19,20,23)/t10-/m1/s1. The Morgan fingerprint density at radius 2 is 2.04 bits per heavy atom. The van der Waals surface area contributed by atoms with Crippen molar-refractivity contribution in [3.05, 3.63) is 51.1 Å². The van der Waals surface area contributed by atoms with Crippen molar-refractivity contribution in [1.82, 2.24) is 9.97 Å². The third kappa shape index (κ3) is 4.36. The molecular formula is C17H17N3O4S. The first-order valence-electron chi connectivity index (χ1n) is 7.76. The molecule has 0 saturated carbocycles. The molecule has 2 heterocycles. The molecule has 0 aliphatic heterocycles. The van der Waals surface area contributed by atoms with Crippen LogP contribution in [0.1, 0.15) is 18.2 Å². The fraction of sp³-hybridized carbons (Fsp3) is 0.235. The monoisotopic (exact) mass is 359 g/mol. The highest BCUT2D eigenvalue weighted by Gasteiger charge is 2.18. The predicted octanol–water partition coefficient (Wildman–Crippen LogP) is 2.42. The maximum absolute atomic E-state index is 12.2. The van der Waals surface area contributed by atoms with E-state index in [1.54, 1.807) is 29.5 Å². The Balaban J connectivity index is 1.54. The minimum atomic E-state index is -0.906. The molecule has 3 rings (SSSR count). The number of benzene rings is 1. The minimum absolute atomic E-state index is 0.231. The van der Waals surface area contributed by atoms with Crippen molar-refractivity contribution >= 4 is 39.9 Å². The van der Waals surface area contributed by atoms with Crippen molar-refractivity contribution in [2.45, 2.75) is 25.9 Å². The van der Waals surface area contributed by atoms with Crippen LogP contribution in [0.5, 0.6) is 0 Å². The molecule has 8 heteroatoms. The lowest BCUT2D eigenvalue weighted by atomic mass is 10.2.